The monoisotopic (exact) mass is 221 g/mol. The lowest BCUT2D eigenvalue weighted by Crippen LogP contribution is -2.22. The van der Waals surface area contributed by atoms with Crippen LogP contribution in [-0.2, 0) is 11.3 Å². The van der Waals surface area contributed by atoms with Gasteiger partial charge in [-0.3, -0.25) is 9.78 Å². The summed E-state index contributed by atoms with van der Waals surface area (Å²) in [5, 5.41) is 0.803. The summed E-state index contributed by atoms with van der Waals surface area (Å²) in [5.41, 5.74) is 1.16. The highest BCUT2D eigenvalue weighted by Gasteiger charge is 2.18. The van der Waals surface area contributed by atoms with Gasteiger partial charge in [0.25, 0.3) is 5.91 Å². The fraction of sp³-hybridized carbons (Fsp3) is 0.300. The van der Waals surface area contributed by atoms with Crippen molar-refractivity contribution >= 4 is 22.8 Å². The number of carbonyl (C=O) groups excluding carboxylic acids is 1. The standard InChI is InChI=1S/C10H11N3OS/c1-13(10-12-9(14)7-15-10)6-8-2-4-11-5-3-8/h2-5H,6-7H2,1H3. The summed E-state index contributed by atoms with van der Waals surface area (Å²) in [5.74, 6) is 0.423. The van der Waals surface area contributed by atoms with Crippen LogP contribution in [0.5, 0.6) is 0 Å². The Bertz CT molecular complexity index is 391. The Morgan fingerprint density at radius 3 is 2.80 bits per heavy atom. The molecule has 2 heterocycles. The predicted molar refractivity (Wildman–Crippen MR) is 60.6 cm³/mol. The van der Waals surface area contributed by atoms with Crippen LogP contribution in [0.4, 0.5) is 0 Å². The fourth-order valence-electron chi connectivity index (χ4n) is 1.32. The molecule has 5 heteroatoms. The number of rotatable bonds is 2. The summed E-state index contributed by atoms with van der Waals surface area (Å²) < 4.78 is 0. The van der Waals surface area contributed by atoms with Gasteiger partial charge in [0.05, 0.1) is 5.75 Å². The van der Waals surface area contributed by atoms with E-state index >= 15 is 0 Å². The zero-order chi connectivity index (χ0) is 10.7. The smallest absolute Gasteiger partial charge is 0.258 e. The van der Waals surface area contributed by atoms with E-state index in [2.05, 4.69) is 9.98 Å². The highest BCUT2D eigenvalue weighted by Crippen LogP contribution is 2.17. The molecular formula is C10H11N3OS. The maximum absolute atomic E-state index is 11.0. The Balaban J connectivity index is 2.01. The van der Waals surface area contributed by atoms with Gasteiger partial charge in [-0.1, -0.05) is 11.8 Å². The van der Waals surface area contributed by atoms with Crippen molar-refractivity contribution in [3.8, 4) is 0 Å². The minimum absolute atomic E-state index is 0.0448. The van der Waals surface area contributed by atoms with Crippen molar-refractivity contribution in [2.24, 2.45) is 4.99 Å². The summed E-state index contributed by atoms with van der Waals surface area (Å²) in [6, 6.07) is 3.91. The normalized spacial score (nSPS) is 15.3. The number of aromatic nitrogens is 1. The van der Waals surface area contributed by atoms with Crippen molar-refractivity contribution in [2.45, 2.75) is 6.54 Å². The highest BCUT2D eigenvalue weighted by atomic mass is 32.2. The largest absolute Gasteiger partial charge is 0.350 e. The molecule has 1 aliphatic rings. The lowest BCUT2D eigenvalue weighted by molar-refractivity contribution is -0.115. The fourth-order valence-corrected chi connectivity index (χ4v) is 2.09. The second-order valence-corrected chi connectivity index (χ2v) is 4.23. The summed E-state index contributed by atoms with van der Waals surface area (Å²) in [4.78, 5) is 20.8. The number of pyridine rings is 1. The molecule has 1 amide bonds. The molecule has 0 aliphatic carbocycles. The molecule has 0 unspecified atom stereocenters. The highest BCUT2D eigenvalue weighted by molar-refractivity contribution is 8.14. The molecule has 0 N–H and O–H groups in total. The molecule has 0 spiro atoms. The van der Waals surface area contributed by atoms with Gasteiger partial charge >= 0.3 is 0 Å². The molecule has 4 nitrogen and oxygen atoms in total. The van der Waals surface area contributed by atoms with Gasteiger partial charge in [-0.05, 0) is 17.7 Å². The first-order valence-corrected chi connectivity index (χ1v) is 5.58. The molecule has 0 saturated carbocycles. The second kappa shape index (κ2) is 4.44. The molecule has 1 aromatic heterocycles. The number of amides is 1. The van der Waals surface area contributed by atoms with Crippen LogP contribution < -0.4 is 0 Å². The number of hydrogen-bond acceptors (Lipinski definition) is 4. The predicted octanol–water partition coefficient (Wildman–Crippen LogP) is 1.14. The van der Waals surface area contributed by atoms with E-state index in [9.17, 15) is 4.79 Å². The molecule has 0 fully saturated rings. The summed E-state index contributed by atoms with van der Waals surface area (Å²) in [7, 11) is 1.94. The van der Waals surface area contributed by atoms with Crippen molar-refractivity contribution in [2.75, 3.05) is 12.8 Å². The summed E-state index contributed by atoms with van der Waals surface area (Å²) in [6.45, 7) is 0.752. The molecule has 15 heavy (non-hydrogen) atoms. The average Bonchev–Trinajstić information content (AvgIpc) is 2.66. The van der Waals surface area contributed by atoms with E-state index in [0.29, 0.717) is 5.75 Å². The first kappa shape index (κ1) is 10.2. The lowest BCUT2D eigenvalue weighted by Gasteiger charge is -2.17. The molecule has 0 aromatic carbocycles. The molecule has 1 aromatic rings. The van der Waals surface area contributed by atoms with Gasteiger partial charge in [0.2, 0.25) is 0 Å². The van der Waals surface area contributed by atoms with Gasteiger partial charge in [-0.15, -0.1) is 0 Å². The van der Waals surface area contributed by atoms with E-state index in [1.165, 1.54) is 11.8 Å². The molecule has 78 valence electrons. The average molecular weight is 221 g/mol. The summed E-state index contributed by atoms with van der Waals surface area (Å²) in [6.07, 6.45) is 3.52. The third-order valence-electron chi connectivity index (χ3n) is 2.04. The zero-order valence-corrected chi connectivity index (χ0v) is 9.20. The topological polar surface area (TPSA) is 45.6 Å². The van der Waals surface area contributed by atoms with Crippen LogP contribution >= 0.6 is 11.8 Å². The Hall–Kier alpha value is -1.36. The molecule has 0 saturated heterocycles. The molecule has 0 atom stereocenters. The minimum Gasteiger partial charge on any atom is -0.350 e. The first-order chi connectivity index (χ1) is 7.25. The van der Waals surface area contributed by atoms with E-state index in [4.69, 9.17) is 0 Å². The van der Waals surface area contributed by atoms with Gasteiger partial charge in [-0.25, -0.2) is 0 Å². The van der Waals surface area contributed by atoms with Gasteiger partial charge in [0.1, 0.15) is 0 Å². The van der Waals surface area contributed by atoms with Crippen LogP contribution in [-0.4, -0.2) is 33.8 Å². The van der Waals surface area contributed by atoms with Crippen LogP contribution in [0.25, 0.3) is 0 Å². The van der Waals surface area contributed by atoms with E-state index in [1.54, 1.807) is 12.4 Å². The van der Waals surface area contributed by atoms with Crippen LogP contribution in [0.1, 0.15) is 5.56 Å². The number of nitrogens with zero attached hydrogens (tertiary/aromatic N) is 3. The van der Waals surface area contributed by atoms with Crippen LogP contribution in [0.3, 0.4) is 0 Å². The van der Waals surface area contributed by atoms with Crippen LogP contribution in [0.2, 0.25) is 0 Å². The van der Waals surface area contributed by atoms with Crippen LogP contribution in [0.15, 0.2) is 29.5 Å². The molecule has 2 rings (SSSR count). The SMILES string of the molecule is CN(Cc1ccncc1)C1=NC(=O)CS1. The molecular weight excluding hydrogens is 210 g/mol. The van der Waals surface area contributed by atoms with Crippen molar-refractivity contribution in [3.05, 3.63) is 30.1 Å². The lowest BCUT2D eigenvalue weighted by atomic mass is 10.2. The van der Waals surface area contributed by atoms with E-state index in [1.807, 2.05) is 24.1 Å². The van der Waals surface area contributed by atoms with E-state index in [0.717, 1.165) is 17.3 Å². The van der Waals surface area contributed by atoms with Crippen molar-refractivity contribution < 1.29 is 4.79 Å². The van der Waals surface area contributed by atoms with Crippen molar-refractivity contribution in [1.29, 1.82) is 0 Å². The second-order valence-electron chi connectivity index (χ2n) is 3.29. The van der Waals surface area contributed by atoms with Gasteiger partial charge < -0.3 is 4.90 Å². The minimum atomic E-state index is -0.0448. The van der Waals surface area contributed by atoms with Crippen molar-refractivity contribution in [3.63, 3.8) is 0 Å². The Morgan fingerprint density at radius 2 is 2.20 bits per heavy atom. The number of hydrogen-bond donors (Lipinski definition) is 0. The first-order valence-electron chi connectivity index (χ1n) is 4.60. The van der Waals surface area contributed by atoms with E-state index in [-0.39, 0.29) is 5.91 Å². The third-order valence-corrected chi connectivity index (χ3v) is 3.09. The van der Waals surface area contributed by atoms with E-state index < -0.39 is 0 Å². The zero-order valence-electron chi connectivity index (χ0n) is 8.38. The number of thioether (sulfide) groups is 1. The van der Waals surface area contributed by atoms with Crippen molar-refractivity contribution in [1.82, 2.24) is 9.88 Å². The maximum Gasteiger partial charge on any atom is 0.258 e. The maximum atomic E-state index is 11.0. The Morgan fingerprint density at radius 1 is 1.47 bits per heavy atom. The number of carbonyl (C=O) groups is 1. The van der Waals surface area contributed by atoms with Gasteiger partial charge in [0, 0.05) is 26.0 Å². The molecule has 1 aliphatic heterocycles. The quantitative estimate of drug-likeness (QED) is 0.751. The van der Waals surface area contributed by atoms with Gasteiger partial charge in [-0.2, -0.15) is 4.99 Å². The third kappa shape index (κ3) is 2.56. The van der Waals surface area contributed by atoms with Crippen LogP contribution in [0, 0.1) is 0 Å². The molecule has 0 radical (unpaired) electrons. The van der Waals surface area contributed by atoms with Gasteiger partial charge in [0.15, 0.2) is 5.17 Å². The molecule has 0 bridgehead atoms. The summed E-state index contributed by atoms with van der Waals surface area (Å²) >= 11 is 1.49. The number of amidine groups is 1. The number of aliphatic imine (C=N–C) groups is 1. The Kier molecular flexibility index (Phi) is 3.01. The Labute approximate surface area is 92.4 Å².